The van der Waals surface area contributed by atoms with E-state index in [0.717, 1.165) is 0 Å². The summed E-state index contributed by atoms with van der Waals surface area (Å²) in [4.78, 5) is 10.2. The third-order valence-electron chi connectivity index (χ3n) is 0.643. The maximum atomic E-state index is 10.2. The molecule has 0 fully saturated rings. The SMILES string of the molecule is CC.COC(=O)NC(O)CO. The van der Waals surface area contributed by atoms with Gasteiger partial charge in [0, 0.05) is 0 Å². The lowest BCUT2D eigenvalue weighted by Gasteiger charge is -2.06. The molecule has 1 unspecified atom stereocenters. The molecule has 0 aliphatic carbocycles. The van der Waals surface area contributed by atoms with E-state index in [0.29, 0.717) is 0 Å². The van der Waals surface area contributed by atoms with Crippen LogP contribution in [-0.4, -0.2) is 36.3 Å². The Kier molecular flexibility index (Phi) is 10.7. The first-order valence-electron chi connectivity index (χ1n) is 3.34. The van der Waals surface area contributed by atoms with Gasteiger partial charge in [-0.1, -0.05) is 13.8 Å². The van der Waals surface area contributed by atoms with E-state index in [2.05, 4.69) is 4.74 Å². The Bertz CT molecular complexity index is 96.6. The molecule has 0 bridgehead atoms. The highest BCUT2D eigenvalue weighted by molar-refractivity contribution is 5.67. The number of nitrogens with one attached hydrogen (secondary N) is 1. The van der Waals surface area contributed by atoms with Gasteiger partial charge in [-0.15, -0.1) is 0 Å². The monoisotopic (exact) mass is 165 g/mol. The van der Waals surface area contributed by atoms with Crippen molar-refractivity contribution in [2.75, 3.05) is 13.7 Å². The minimum absolute atomic E-state index is 0.519. The molecule has 3 N–H and O–H groups in total. The van der Waals surface area contributed by atoms with Gasteiger partial charge in [0.05, 0.1) is 13.7 Å². The zero-order valence-electron chi connectivity index (χ0n) is 7.00. The van der Waals surface area contributed by atoms with Crippen LogP contribution in [0.5, 0.6) is 0 Å². The van der Waals surface area contributed by atoms with E-state index in [1.165, 1.54) is 7.11 Å². The van der Waals surface area contributed by atoms with E-state index in [4.69, 9.17) is 10.2 Å². The van der Waals surface area contributed by atoms with Crippen molar-refractivity contribution >= 4 is 6.09 Å². The number of methoxy groups -OCH3 is 1. The number of carbonyl (C=O) groups is 1. The smallest absolute Gasteiger partial charge is 0.408 e. The van der Waals surface area contributed by atoms with E-state index in [1.807, 2.05) is 19.2 Å². The number of rotatable bonds is 2. The second kappa shape index (κ2) is 9.19. The molecule has 0 saturated carbocycles. The molecule has 1 amide bonds. The number of ether oxygens (including phenoxy) is 1. The summed E-state index contributed by atoms with van der Waals surface area (Å²) >= 11 is 0. The van der Waals surface area contributed by atoms with E-state index in [1.54, 1.807) is 0 Å². The van der Waals surface area contributed by atoms with Crippen LogP contribution in [0.1, 0.15) is 13.8 Å². The fourth-order valence-corrected chi connectivity index (χ4v) is 0.241. The van der Waals surface area contributed by atoms with Crippen LogP contribution in [0.2, 0.25) is 0 Å². The van der Waals surface area contributed by atoms with Crippen LogP contribution in [-0.2, 0) is 4.74 Å². The predicted molar refractivity (Wildman–Crippen MR) is 40.0 cm³/mol. The third-order valence-corrected chi connectivity index (χ3v) is 0.643. The van der Waals surface area contributed by atoms with Crippen LogP contribution >= 0.6 is 0 Å². The van der Waals surface area contributed by atoms with E-state index < -0.39 is 18.9 Å². The Morgan fingerprint density at radius 1 is 1.64 bits per heavy atom. The van der Waals surface area contributed by atoms with Crippen molar-refractivity contribution in [1.29, 1.82) is 0 Å². The molecule has 0 aromatic rings. The minimum Gasteiger partial charge on any atom is -0.453 e. The zero-order valence-corrected chi connectivity index (χ0v) is 7.00. The van der Waals surface area contributed by atoms with Gasteiger partial charge in [-0.25, -0.2) is 4.79 Å². The van der Waals surface area contributed by atoms with Gasteiger partial charge in [0.1, 0.15) is 0 Å². The quantitative estimate of drug-likeness (QED) is 0.490. The molecule has 0 rings (SSSR count). The minimum atomic E-state index is -1.24. The second-order valence-corrected chi connectivity index (χ2v) is 1.33. The molecule has 0 radical (unpaired) electrons. The summed E-state index contributed by atoms with van der Waals surface area (Å²) in [5.74, 6) is 0. The molecule has 5 nitrogen and oxygen atoms in total. The molecule has 11 heavy (non-hydrogen) atoms. The van der Waals surface area contributed by atoms with Crippen LogP contribution < -0.4 is 5.32 Å². The largest absolute Gasteiger partial charge is 0.453 e. The Balaban J connectivity index is 0. The molecule has 0 heterocycles. The molecule has 0 aliphatic heterocycles. The summed E-state index contributed by atoms with van der Waals surface area (Å²) in [7, 11) is 1.17. The molecule has 68 valence electrons. The van der Waals surface area contributed by atoms with Crippen LogP contribution in [0.4, 0.5) is 4.79 Å². The van der Waals surface area contributed by atoms with Crippen LogP contribution in [0.15, 0.2) is 0 Å². The Labute approximate surface area is 66.0 Å². The number of hydrogen-bond acceptors (Lipinski definition) is 4. The Hall–Kier alpha value is -0.810. The molecule has 0 saturated heterocycles. The Morgan fingerprint density at radius 3 is 2.36 bits per heavy atom. The van der Waals surface area contributed by atoms with E-state index in [-0.39, 0.29) is 0 Å². The summed E-state index contributed by atoms with van der Waals surface area (Å²) < 4.78 is 4.10. The summed E-state index contributed by atoms with van der Waals surface area (Å²) in [6, 6.07) is 0. The number of hydrogen-bond donors (Lipinski definition) is 3. The van der Waals surface area contributed by atoms with E-state index in [9.17, 15) is 4.79 Å². The van der Waals surface area contributed by atoms with Gasteiger partial charge in [0.25, 0.3) is 0 Å². The van der Waals surface area contributed by atoms with Crippen molar-refractivity contribution in [3.05, 3.63) is 0 Å². The van der Waals surface area contributed by atoms with Crippen molar-refractivity contribution < 1.29 is 19.7 Å². The fraction of sp³-hybridized carbons (Fsp3) is 0.833. The number of carbonyl (C=O) groups excluding carboxylic acids is 1. The summed E-state index contributed by atoms with van der Waals surface area (Å²) in [6.07, 6.45) is -2.01. The summed E-state index contributed by atoms with van der Waals surface area (Å²) in [5, 5.41) is 18.6. The lowest BCUT2D eigenvalue weighted by Crippen LogP contribution is -2.36. The molecule has 0 spiro atoms. The highest BCUT2D eigenvalue weighted by Crippen LogP contribution is 1.75. The topological polar surface area (TPSA) is 78.8 Å². The Morgan fingerprint density at radius 2 is 2.09 bits per heavy atom. The lowest BCUT2D eigenvalue weighted by molar-refractivity contribution is 0.0624. The van der Waals surface area contributed by atoms with Crippen molar-refractivity contribution in [3.8, 4) is 0 Å². The van der Waals surface area contributed by atoms with E-state index >= 15 is 0 Å². The first-order chi connectivity index (χ1) is 5.20. The third kappa shape index (κ3) is 9.19. The standard InChI is InChI=1S/C4H9NO4.C2H6/c1-9-4(8)5-3(7)2-6;1-2/h3,6-7H,2H2,1H3,(H,5,8);1-2H3. The molecule has 0 aromatic heterocycles. The van der Waals surface area contributed by atoms with Crippen molar-refractivity contribution in [2.45, 2.75) is 20.1 Å². The van der Waals surface area contributed by atoms with Gasteiger partial charge >= 0.3 is 6.09 Å². The summed E-state index contributed by atoms with van der Waals surface area (Å²) in [6.45, 7) is 3.48. The number of amides is 1. The van der Waals surface area contributed by atoms with Gasteiger partial charge in [-0.05, 0) is 0 Å². The van der Waals surface area contributed by atoms with Gasteiger partial charge in [0.15, 0.2) is 6.23 Å². The predicted octanol–water partition coefficient (Wildman–Crippen LogP) is -0.321. The number of aliphatic hydroxyl groups is 2. The van der Waals surface area contributed by atoms with Crippen molar-refractivity contribution in [3.63, 3.8) is 0 Å². The first kappa shape index (κ1) is 12.8. The zero-order chi connectivity index (χ0) is 9.28. The van der Waals surface area contributed by atoms with Crippen LogP contribution in [0, 0.1) is 0 Å². The maximum absolute atomic E-state index is 10.2. The van der Waals surface area contributed by atoms with Gasteiger partial charge in [-0.2, -0.15) is 0 Å². The normalized spacial score (nSPS) is 10.6. The molecular weight excluding hydrogens is 150 g/mol. The average Bonchev–Trinajstić information content (AvgIpc) is 2.07. The average molecular weight is 165 g/mol. The summed E-state index contributed by atoms with van der Waals surface area (Å²) in [5.41, 5.74) is 0. The van der Waals surface area contributed by atoms with Gasteiger partial charge in [-0.3, -0.25) is 5.32 Å². The fourth-order valence-electron chi connectivity index (χ4n) is 0.241. The van der Waals surface area contributed by atoms with Crippen molar-refractivity contribution in [2.24, 2.45) is 0 Å². The molecule has 5 heteroatoms. The number of alkyl carbamates (subject to hydrolysis) is 1. The number of aliphatic hydroxyl groups excluding tert-OH is 2. The highest BCUT2D eigenvalue weighted by Gasteiger charge is 2.04. The molecule has 0 aromatic carbocycles. The lowest BCUT2D eigenvalue weighted by atomic mass is 10.6. The molecule has 0 aliphatic rings. The van der Waals surface area contributed by atoms with Gasteiger partial charge < -0.3 is 14.9 Å². The second-order valence-electron chi connectivity index (χ2n) is 1.33. The van der Waals surface area contributed by atoms with Crippen molar-refractivity contribution in [1.82, 2.24) is 5.32 Å². The highest BCUT2D eigenvalue weighted by atomic mass is 16.5. The first-order valence-corrected chi connectivity index (χ1v) is 3.34. The van der Waals surface area contributed by atoms with Crippen LogP contribution in [0.25, 0.3) is 0 Å². The maximum Gasteiger partial charge on any atom is 0.408 e. The van der Waals surface area contributed by atoms with Crippen LogP contribution in [0.3, 0.4) is 0 Å². The molecule has 1 atom stereocenters. The van der Waals surface area contributed by atoms with Gasteiger partial charge in [0.2, 0.25) is 0 Å². The molecular formula is C6H15NO4.